The molecular formula is C16H18O5S. The van der Waals surface area contributed by atoms with Crippen LogP contribution in [0.3, 0.4) is 0 Å². The van der Waals surface area contributed by atoms with Gasteiger partial charge in [-0.05, 0) is 38.1 Å². The van der Waals surface area contributed by atoms with Crippen LogP contribution in [-0.4, -0.2) is 32.9 Å². The van der Waals surface area contributed by atoms with Crippen molar-refractivity contribution in [3.8, 4) is 0 Å². The van der Waals surface area contributed by atoms with E-state index in [1.807, 2.05) is 6.92 Å². The van der Waals surface area contributed by atoms with Crippen LogP contribution in [0.1, 0.15) is 12.5 Å². The van der Waals surface area contributed by atoms with Crippen molar-refractivity contribution in [3.63, 3.8) is 0 Å². The van der Waals surface area contributed by atoms with Crippen molar-refractivity contribution in [2.45, 2.75) is 30.1 Å². The monoisotopic (exact) mass is 322 g/mol. The van der Waals surface area contributed by atoms with E-state index in [0.717, 1.165) is 5.56 Å². The first kappa shape index (κ1) is 16.3. The SMILES string of the molecule is COC(=O)/C=C/C1=C[C@@H](S(=O)(=O)c2ccc(C)cc2)[C@H](C)O1. The summed E-state index contributed by atoms with van der Waals surface area (Å²) in [5.41, 5.74) is 0.993. The molecule has 2 rings (SSSR count). The lowest BCUT2D eigenvalue weighted by molar-refractivity contribution is -0.134. The minimum Gasteiger partial charge on any atom is -0.489 e. The largest absolute Gasteiger partial charge is 0.489 e. The molecule has 0 aliphatic carbocycles. The lowest BCUT2D eigenvalue weighted by Crippen LogP contribution is -2.28. The Labute approximate surface area is 130 Å². The minimum absolute atomic E-state index is 0.257. The van der Waals surface area contributed by atoms with Gasteiger partial charge in [-0.2, -0.15) is 0 Å². The first-order valence-corrected chi connectivity index (χ1v) is 8.34. The molecule has 0 spiro atoms. The van der Waals surface area contributed by atoms with Crippen LogP contribution in [0.4, 0.5) is 0 Å². The molecule has 0 N–H and O–H groups in total. The van der Waals surface area contributed by atoms with E-state index in [0.29, 0.717) is 5.76 Å². The van der Waals surface area contributed by atoms with E-state index in [2.05, 4.69) is 4.74 Å². The Balaban J connectivity index is 2.27. The third kappa shape index (κ3) is 3.39. The van der Waals surface area contributed by atoms with Crippen LogP contribution < -0.4 is 0 Å². The van der Waals surface area contributed by atoms with Gasteiger partial charge in [-0.25, -0.2) is 13.2 Å². The van der Waals surface area contributed by atoms with Crippen LogP contribution in [0.15, 0.2) is 53.1 Å². The molecule has 1 aromatic carbocycles. The van der Waals surface area contributed by atoms with Gasteiger partial charge in [0.2, 0.25) is 0 Å². The van der Waals surface area contributed by atoms with Gasteiger partial charge in [0.15, 0.2) is 9.84 Å². The summed E-state index contributed by atoms with van der Waals surface area (Å²) in [6.07, 6.45) is 3.59. The Hall–Kier alpha value is -2.08. The van der Waals surface area contributed by atoms with Crippen molar-refractivity contribution in [2.75, 3.05) is 7.11 Å². The second-order valence-electron chi connectivity index (χ2n) is 5.07. The summed E-state index contributed by atoms with van der Waals surface area (Å²) in [7, 11) is -2.27. The standard InChI is InChI=1S/C16H18O5S/c1-11-4-7-14(8-5-11)22(18,19)15-10-13(21-12(15)2)6-9-16(17)20-3/h4-10,12,15H,1-3H3/b9-6+/t12-,15+/m0/s1. The second kappa shape index (κ2) is 6.36. The van der Waals surface area contributed by atoms with Gasteiger partial charge >= 0.3 is 5.97 Å². The van der Waals surface area contributed by atoms with Gasteiger partial charge in [0, 0.05) is 6.08 Å². The zero-order valence-corrected chi connectivity index (χ0v) is 13.5. The van der Waals surface area contributed by atoms with Gasteiger partial charge in [-0.1, -0.05) is 17.7 Å². The second-order valence-corrected chi connectivity index (χ2v) is 7.18. The van der Waals surface area contributed by atoms with Crippen molar-refractivity contribution in [3.05, 3.63) is 53.8 Å². The van der Waals surface area contributed by atoms with Crippen molar-refractivity contribution < 1.29 is 22.7 Å². The summed E-state index contributed by atoms with van der Waals surface area (Å²) in [5.74, 6) is -0.180. The predicted octanol–water partition coefficient (Wildman–Crippen LogP) is 2.17. The molecule has 0 amide bonds. The summed E-state index contributed by atoms with van der Waals surface area (Å²) in [6, 6.07) is 6.70. The van der Waals surface area contributed by atoms with Crippen LogP contribution in [0.25, 0.3) is 0 Å². The van der Waals surface area contributed by atoms with E-state index in [-0.39, 0.29) is 4.90 Å². The van der Waals surface area contributed by atoms with Crippen LogP contribution in [0, 0.1) is 6.92 Å². The summed E-state index contributed by atoms with van der Waals surface area (Å²) >= 11 is 0. The Kier molecular flexibility index (Phi) is 4.71. The molecule has 0 aromatic heterocycles. The average Bonchev–Trinajstić information content (AvgIpc) is 2.87. The van der Waals surface area contributed by atoms with Crippen LogP contribution in [-0.2, 0) is 24.1 Å². The maximum Gasteiger partial charge on any atom is 0.330 e. The Morgan fingerprint density at radius 1 is 1.27 bits per heavy atom. The number of hydrogen-bond donors (Lipinski definition) is 0. The van der Waals surface area contributed by atoms with E-state index < -0.39 is 27.2 Å². The summed E-state index contributed by atoms with van der Waals surface area (Å²) in [6.45, 7) is 3.58. The lowest BCUT2D eigenvalue weighted by Gasteiger charge is -2.15. The molecule has 0 saturated heterocycles. The van der Waals surface area contributed by atoms with Gasteiger partial charge in [0.25, 0.3) is 0 Å². The fourth-order valence-electron chi connectivity index (χ4n) is 2.16. The molecule has 118 valence electrons. The number of allylic oxidation sites excluding steroid dienone is 1. The fraction of sp³-hybridized carbons (Fsp3) is 0.312. The number of carbonyl (C=O) groups excluding carboxylic acids is 1. The smallest absolute Gasteiger partial charge is 0.330 e. The topological polar surface area (TPSA) is 69.7 Å². The van der Waals surface area contributed by atoms with Crippen LogP contribution in [0.2, 0.25) is 0 Å². The van der Waals surface area contributed by atoms with Crippen molar-refractivity contribution in [1.82, 2.24) is 0 Å². The predicted molar refractivity (Wildman–Crippen MR) is 81.9 cm³/mol. The highest BCUT2D eigenvalue weighted by atomic mass is 32.2. The Bertz CT molecular complexity index is 713. The zero-order valence-electron chi connectivity index (χ0n) is 12.6. The Morgan fingerprint density at radius 3 is 2.50 bits per heavy atom. The molecule has 2 atom stereocenters. The number of ether oxygens (including phenoxy) is 2. The van der Waals surface area contributed by atoms with Crippen molar-refractivity contribution in [2.24, 2.45) is 0 Å². The van der Waals surface area contributed by atoms with Crippen molar-refractivity contribution in [1.29, 1.82) is 0 Å². The fourth-order valence-corrected chi connectivity index (χ4v) is 3.86. The number of aryl methyl sites for hydroxylation is 1. The third-order valence-electron chi connectivity index (χ3n) is 3.41. The van der Waals surface area contributed by atoms with E-state index in [1.54, 1.807) is 31.2 Å². The first-order chi connectivity index (χ1) is 10.3. The molecule has 0 bridgehead atoms. The molecule has 0 unspecified atom stereocenters. The molecule has 0 saturated carbocycles. The lowest BCUT2D eigenvalue weighted by atomic mass is 10.2. The van der Waals surface area contributed by atoms with Gasteiger partial charge < -0.3 is 9.47 Å². The highest BCUT2D eigenvalue weighted by Gasteiger charge is 2.36. The molecule has 22 heavy (non-hydrogen) atoms. The molecule has 5 nitrogen and oxygen atoms in total. The number of benzene rings is 1. The van der Waals surface area contributed by atoms with Gasteiger partial charge in [0.05, 0.1) is 12.0 Å². The highest BCUT2D eigenvalue weighted by molar-refractivity contribution is 7.92. The third-order valence-corrected chi connectivity index (χ3v) is 5.57. The number of esters is 1. The molecule has 1 aliphatic rings. The van der Waals surface area contributed by atoms with Crippen molar-refractivity contribution >= 4 is 15.8 Å². The van der Waals surface area contributed by atoms with Crippen LogP contribution in [0.5, 0.6) is 0 Å². The molecule has 6 heteroatoms. The molecule has 0 fully saturated rings. The minimum atomic E-state index is -3.53. The summed E-state index contributed by atoms with van der Waals surface area (Å²) in [4.78, 5) is 11.3. The van der Waals surface area contributed by atoms with E-state index in [9.17, 15) is 13.2 Å². The molecule has 0 radical (unpaired) electrons. The number of sulfone groups is 1. The maximum atomic E-state index is 12.7. The summed E-state index contributed by atoms with van der Waals surface area (Å²) < 4.78 is 35.3. The first-order valence-electron chi connectivity index (χ1n) is 6.79. The van der Waals surface area contributed by atoms with E-state index >= 15 is 0 Å². The van der Waals surface area contributed by atoms with E-state index in [4.69, 9.17) is 4.74 Å². The molecule has 1 aliphatic heterocycles. The van der Waals surface area contributed by atoms with E-state index in [1.165, 1.54) is 25.3 Å². The Morgan fingerprint density at radius 2 is 1.91 bits per heavy atom. The molecular weight excluding hydrogens is 304 g/mol. The highest BCUT2D eigenvalue weighted by Crippen LogP contribution is 2.28. The number of carbonyl (C=O) groups is 1. The van der Waals surface area contributed by atoms with Crippen LogP contribution >= 0.6 is 0 Å². The zero-order chi connectivity index (χ0) is 16.3. The quantitative estimate of drug-likeness (QED) is 0.627. The summed E-state index contributed by atoms with van der Waals surface area (Å²) in [5, 5.41) is -0.785. The molecule has 1 aromatic rings. The van der Waals surface area contributed by atoms with Gasteiger partial charge in [0.1, 0.15) is 17.1 Å². The van der Waals surface area contributed by atoms with Gasteiger partial charge in [-0.3, -0.25) is 0 Å². The maximum absolute atomic E-state index is 12.7. The number of methoxy groups -OCH3 is 1. The van der Waals surface area contributed by atoms with Gasteiger partial charge in [-0.15, -0.1) is 0 Å². The molecule has 1 heterocycles. The average molecular weight is 322 g/mol. The normalized spacial score (nSPS) is 21.5. The number of hydrogen-bond acceptors (Lipinski definition) is 5. The number of rotatable bonds is 4.